The molecule has 0 atom stereocenters. The minimum Gasteiger partial charge on any atom is -0.386 e. The quantitative estimate of drug-likeness (QED) is 0.240. The van der Waals surface area contributed by atoms with Gasteiger partial charge in [0.2, 0.25) is 0 Å². The molecule has 5 rings (SSSR count). The van der Waals surface area contributed by atoms with E-state index in [4.69, 9.17) is 5.73 Å². The number of aryl methyl sites for hydroxylation is 2. The number of nitrogens with one attached hydrogen (secondary N) is 3. The fourth-order valence-corrected chi connectivity index (χ4v) is 4.23. The second kappa shape index (κ2) is 12.9. The highest BCUT2D eigenvalue weighted by Gasteiger charge is 2.18. The molecule has 3 heterocycles. The second-order valence-corrected chi connectivity index (χ2v) is 10.7. The Morgan fingerprint density at radius 3 is 2.46 bits per heavy atom. The number of aliphatic hydroxyl groups is 1. The number of amides is 1. The van der Waals surface area contributed by atoms with E-state index in [1.807, 2.05) is 38.1 Å². The summed E-state index contributed by atoms with van der Waals surface area (Å²) < 4.78 is 1.65. The zero-order valence-electron chi connectivity index (χ0n) is 24.3. The molecule has 2 aromatic heterocycles. The van der Waals surface area contributed by atoms with E-state index in [0.29, 0.717) is 34.3 Å². The number of benzene rings is 2. The van der Waals surface area contributed by atoms with Crippen LogP contribution in [-0.2, 0) is 5.60 Å². The lowest BCUT2D eigenvalue weighted by molar-refractivity contribution is 0.0785. The number of nitrogens with two attached hydrogens (primary N) is 1. The molecular formula is C30H39N9O2. The van der Waals surface area contributed by atoms with Crippen LogP contribution in [0.3, 0.4) is 0 Å². The number of nitrogens with zero attached hydrogens (tertiary/aromatic N) is 5. The summed E-state index contributed by atoms with van der Waals surface area (Å²) in [5.74, 6) is 1.31. The largest absolute Gasteiger partial charge is 0.386 e. The Labute approximate surface area is 240 Å². The molecule has 0 bridgehead atoms. The van der Waals surface area contributed by atoms with Crippen LogP contribution in [-0.4, -0.2) is 68.9 Å². The first-order valence-corrected chi connectivity index (χ1v) is 13.6. The van der Waals surface area contributed by atoms with Crippen LogP contribution in [0.25, 0.3) is 5.82 Å². The van der Waals surface area contributed by atoms with Crippen molar-refractivity contribution in [3.63, 3.8) is 0 Å². The predicted molar refractivity (Wildman–Crippen MR) is 163 cm³/mol. The summed E-state index contributed by atoms with van der Waals surface area (Å²) in [5, 5.41) is 24.3. The van der Waals surface area contributed by atoms with Crippen molar-refractivity contribution in [1.29, 1.82) is 0 Å². The van der Waals surface area contributed by atoms with Crippen molar-refractivity contribution in [2.45, 2.75) is 33.3 Å². The van der Waals surface area contributed by atoms with Crippen molar-refractivity contribution in [3.8, 4) is 5.82 Å². The SMILES string of the molecule is CN1CCNCC1.Cc1cc(Nc2cc(NC(=O)c3cccc(C(C)(C)O)c3)ccc2C)n(-c2cc(N)ncn2)n1. The molecule has 1 saturated heterocycles. The minimum atomic E-state index is -1.04. The molecule has 1 aliphatic rings. The number of piperazine rings is 1. The number of rotatable bonds is 6. The minimum absolute atomic E-state index is 0.266. The van der Waals surface area contributed by atoms with E-state index in [1.54, 1.807) is 48.9 Å². The molecule has 41 heavy (non-hydrogen) atoms. The van der Waals surface area contributed by atoms with Crippen LogP contribution in [0.5, 0.6) is 0 Å². The first kappa shape index (κ1) is 29.7. The summed E-state index contributed by atoms with van der Waals surface area (Å²) in [6, 6.07) is 16.1. The zero-order valence-corrected chi connectivity index (χ0v) is 24.3. The normalized spacial score (nSPS) is 13.7. The number of nitrogen functional groups attached to an aromatic ring is 1. The number of hydrogen-bond donors (Lipinski definition) is 5. The van der Waals surface area contributed by atoms with Gasteiger partial charge in [0.25, 0.3) is 5.91 Å². The fraction of sp³-hybridized carbons (Fsp3) is 0.333. The van der Waals surface area contributed by atoms with Crippen LogP contribution in [0.15, 0.2) is 60.9 Å². The standard InChI is InChI=1S/C25H27N7O2.C5H12N2/c1-15-8-9-19(29-24(33)17-6-5-7-18(11-17)25(3,4)34)12-20(15)30-23-10-16(2)31-32(23)22-13-21(26)27-14-28-22;1-7-4-2-6-3-5-7/h5-14,30,34H,1-4H3,(H,29,33)(H2,26,27,28);6H,2-5H2,1H3. The maximum atomic E-state index is 12.9. The van der Waals surface area contributed by atoms with Crippen LogP contribution in [0.2, 0.25) is 0 Å². The lowest BCUT2D eigenvalue weighted by Gasteiger charge is -2.21. The molecule has 6 N–H and O–H groups in total. The molecule has 1 aliphatic heterocycles. The number of anilines is 4. The molecule has 1 amide bonds. The summed E-state index contributed by atoms with van der Waals surface area (Å²) in [7, 11) is 2.15. The monoisotopic (exact) mass is 557 g/mol. The van der Waals surface area contributed by atoms with Gasteiger partial charge in [-0.15, -0.1) is 0 Å². The Morgan fingerprint density at radius 1 is 1.05 bits per heavy atom. The highest BCUT2D eigenvalue weighted by molar-refractivity contribution is 6.04. The molecule has 2 aromatic carbocycles. The van der Waals surface area contributed by atoms with Gasteiger partial charge in [0.1, 0.15) is 18.0 Å². The Kier molecular flexibility index (Phi) is 9.33. The summed E-state index contributed by atoms with van der Waals surface area (Å²) in [6.07, 6.45) is 1.39. The van der Waals surface area contributed by atoms with Crippen molar-refractivity contribution in [2.24, 2.45) is 0 Å². The van der Waals surface area contributed by atoms with Gasteiger partial charge in [-0.2, -0.15) is 9.78 Å². The van der Waals surface area contributed by atoms with Crippen molar-refractivity contribution >= 4 is 28.9 Å². The van der Waals surface area contributed by atoms with E-state index < -0.39 is 5.60 Å². The maximum absolute atomic E-state index is 12.9. The molecule has 11 nitrogen and oxygen atoms in total. The van der Waals surface area contributed by atoms with Crippen molar-refractivity contribution in [2.75, 3.05) is 49.6 Å². The molecule has 11 heteroatoms. The summed E-state index contributed by atoms with van der Waals surface area (Å²) in [4.78, 5) is 23.4. The van der Waals surface area contributed by atoms with Gasteiger partial charge in [-0.05, 0) is 70.1 Å². The van der Waals surface area contributed by atoms with Gasteiger partial charge in [-0.1, -0.05) is 18.2 Å². The maximum Gasteiger partial charge on any atom is 0.255 e. The highest BCUT2D eigenvalue weighted by atomic mass is 16.3. The number of likely N-dealkylation sites (N-methyl/N-ethyl adjacent to an activating group) is 1. The van der Waals surface area contributed by atoms with Crippen LogP contribution in [0, 0.1) is 13.8 Å². The van der Waals surface area contributed by atoms with E-state index in [-0.39, 0.29) is 5.91 Å². The second-order valence-electron chi connectivity index (χ2n) is 10.7. The topological polar surface area (TPSA) is 146 Å². The zero-order chi connectivity index (χ0) is 29.6. The van der Waals surface area contributed by atoms with Crippen LogP contribution < -0.4 is 21.7 Å². The van der Waals surface area contributed by atoms with Crippen LogP contribution in [0.1, 0.15) is 41.0 Å². The average molecular weight is 558 g/mol. The van der Waals surface area contributed by atoms with Crippen molar-refractivity contribution in [1.82, 2.24) is 30.0 Å². The predicted octanol–water partition coefficient (Wildman–Crippen LogP) is 3.61. The first-order valence-electron chi connectivity index (χ1n) is 13.6. The third kappa shape index (κ3) is 8.10. The van der Waals surface area contributed by atoms with Gasteiger partial charge in [-0.3, -0.25) is 4.79 Å². The van der Waals surface area contributed by atoms with E-state index in [1.165, 1.54) is 19.4 Å². The third-order valence-electron chi connectivity index (χ3n) is 6.65. The Bertz CT molecular complexity index is 1490. The molecule has 4 aromatic rings. The summed E-state index contributed by atoms with van der Waals surface area (Å²) >= 11 is 0. The number of hydrogen-bond acceptors (Lipinski definition) is 9. The highest BCUT2D eigenvalue weighted by Crippen LogP contribution is 2.27. The molecule has 0 radical (unpaired) electrons. The summed E-state index contributed by atoms with van der Waals surface area (Å²) in [5.41, 5.74) is 9.11. The van der Waals surface area contributed by atoms with Gasteiger partial charge >= 0.3 is 0 Å². The van der Waals surface area contributed by atoms with E-state index in [0.717, 1.165) is 30.0 Å². The molecule has 0 aliphatic carbocycles. The van der Waals surface area contributed by atoms with Crippen molar-refractivity contribution < 1.29 is 9.90 Å². The molecule has 1 fully saturated rings. The van der Waals surface area contributed by atoms with Gasteiger partial charge in [0.05, 0.1) is 11.3 Å². The third-order valence-corrected chi connectivity index (χ3v) is 6.65. The summed E-state index contributed by atoms with van der Waals surface area (Å²) in [6.45, 7) is 12.0. The Hall–Kier alpha value is -4.32. The van der Waals surface area contributed by atoms with Crippen molar-refractivity contribution in [3.05, 3.63) is 83.3 Å². The Balaban J connectivity index is 0.000000483. The number of carbonyl (C=O) groups is 1. The smallest absolute Gasteiger partial charge is 0.255 e. The molecule has 0 spiro atoms. The number of aromatic nitrogens is 4. The van der Waals surface area contributed by atoms with E-state index in [2.05, 4.69) is 43.0 Å². The van der Waals surface area contributed by atoms with Gasteiger partial charge in [0, 0.05) is 55.2 Å². The fourth-order valence-electron chi connectivity index (χ4n) is 4.23. The lowest BCUT2D eigenvalue weighted by atomic mass is 9.96. The van der Waals surface area contributed by atoms with Crippen LogP contribution in [0.4, 0.5) is 23.0 Å². The first-order chi connectivity index (χ1) is 19.5. The Morgan fingerprint density at radius 2 is 1.80 bits per heavy atom. The van der Waals surface area contributed by atoms with Gasteiger partial charge < -0.3 is 31.7 Å². The van der Waals surface area contributed by atoms with Gasteiger partial charge in [-0.25, -0.2) is 9.97 Å². The molecule has 0 saturated carbocycles. The molecule has 0 unspecified atom stereocenters. The lowest BCUT2D eigenvalue weighted by Crippen LogP contribution is -2.40. The average Bonchev–Trinajstić information content (AvgIpc) is 3.31. The van der Waals surface area contributed by atoms with Crippen LogP contribution >= 0.6 is 0 Å². The molecular weight excluding hydrogens is 518 g/mol. The van der Waals surface area contributed by atoms with E-state index in [9.17, 15) is 9.90 Å². The van der Waals surface area contributed by atoms with E-state index >= 15 is 0 Å². The van der Waals surface area contributed by atoms with Gasteiger partial charge in [0.15, 0.2) is 5.82 Å². The number of carbonyl (C=O) groups excluding carboxylic acids is 1. The molecule has 216 valence electrons.